The molecule has 10 heteroatoms. The number of halogens is 1. The Balaban J connectivity index is 1.45. The van der Waals surface area contributed by atoms with E-state index in [-0.39, 0.29) is 45.5 Å². The first-order valence-corrected chi connectivity index (χ1v) is 12.2. The summed E-state index contributed by atoms with van der Waals surface area (Å²) >= 11 is 2.71. The number of benzene rings is 1. The zero-order chi connectivity index (χ0) is 22.5. The van der Waals surface area contributed by atoms with Crippen LogP contribution in [0.4, 0.5) is 4.39 Å². The van der Waals surface area contributed by atoms with Gasteiger partial charge in [-0.25, -0.2) is 9.18 Å². The first kappa shape index (κ1) is 20.2. The molecule has 166 valence electrons. The van der Waals surface area contributed by atoms with E-state index in [2.05, 4.69) is 4.98 Å². The quantitative estimate of drug-likeness (QED) is 0.662. The fraction of sp³-hybridized carbons (Fsp3) is 0.455. The smallest absolute Gasteiger partial charge is 0.326 e. The Morgan fingerprint density at radius 2 is 1.81 bits per heavy atom. The van der Waals surface area contributed by atoms with Gasteiger partial charge in [0, 0.05) is 16.0 Å². The molecule has 2 N–H and O–H groups in total. The van der Waals surface area contributed by atoms with Crippen molar-refractivity contribution in [1.29, 1.82) is 0 Å². The highest BCUT2D eigenvalue weighted by atomic mass is 32.2. The third kappa shape index (κ3) is 2.53. The molecule has 2 bridgehead atoms. The molecule has 0 unspecified atom stereocenters. The molecule has 8 atom stereocenters. The Hall–Kier alpha value is -2.46. The Morgan fingerprint density at radius 3 is 2.47 bits per heavy atom. The number of aromatic amines is 1. The van der Waals surface area contributed by atoms with E-state index in [9.17, 15) is 28.7 Å². The third-order valence-corrected chi connectivity index (χ3v) is 10.3. The summed E-state index contributed by atoms with van der Waals surface area (Å²) in [4.78, 5) is 54.8. The van der Waals surface area contributed by atoms with Crippen LogP contribution >= 0.6 is 23.1 Å². The molecular weight excluding hydrogens is 455 g/mol. The van der Waals surface area contributed by atoms with Gasteiger partial charge in [-0.3, -0.25) is 19.3 Å². The van der Waals surface area contributed by atoms with Crippen LogP contribution in [0.1, 0.15) is 29.7 Å². The van der Waals surface area contributed by atoms with Gasteiger partial charge in [0.1, 0.15) is 11.9 Å². The molecule has 6 rings (SSSR count). The molecule has 2 aliphatic carbocycles. The minimum atomic E-state index is -1.20. The molecule has 3 fully saturated rings. The van der Waals surface area contributed by atoms with Crippen LogP contribution in [0.15, 0.2) is 34.1 Å². The number of hydrogen-bond acceptors (Lipinski definition) is 6. The number of nitrogens with zero attached hydrogens (tertiary/aromatic N) is 1. The second-order valence-electron chi connectivity index (χ2n) is 9.07. The Bertz CT molecular complexity index is 1220. The summed E-state index contributed by atoms with van der Waals surface area (Å²) in [6.07, 6.45) is 0.724. The number of aliphatic carboxylic acids is 1. The lowest BCUT2D eigenvalue weighted by atomic mass is 9.68. The van der Waals surface area contributed by atoms with Gasteiger partial charge in [0.15, 0.2) is 0 Å². The zero-order valence-corrected chi connectivity index (χ0v) is 18.5. The van der Waals surface area contributed by atoms with Crippen molar-refractivity contribution < 1.29 is 23.9 Å². The zero-order valence-electron chi connectivity index (χ0n) is 16.9. The van der Waals surface area contributed by atoms with E-state index in [4.69, 9.17) is 0 Å². The van der Waals surface area contributed by atoms with Gasteiger partial charge < -0.3 is 10.1 Å². The lowest BCUT2D eigenvalue weighted by Crippen LogP contribution is -2.44. The topological polar surface area (TPSA) is 108 Å². The third-order valence-electron chi connectivity index (χ3n) is 7.73. The predicted octanol–water partition coefficient (Wildman–Crippen LogP) is 2.52. The summed E-state index contributed by atoms with van der Waals surface area (Å²) in [5, 5.41) is 10.2. The number of carbonyl (C=O) groups excluding carboxylic acids is 2. The minimum absolute atomic E-state index is 0.00694. The van der Waals surface area contributed by atoms with Gasteiger partial charge in [0.05, 0.1) is 16.9 Å². The van der Waals surface area contributed by atoms with Crippen molar-refractivity contribution >= 4 is 40.9 Å². The van der Waals surface area contributed by atoms with Crippen LogP contribution in [0.5, 0.6) is 0 Å². The van der Waals surface area contributed by atoms with Gasteiger partial charge in [-0.1, -0.05) is 23.5 Å². The lowest BCUT2D eigenvalue weighted by Gasteiger charge is -2.43. The number of fused-ring (bicyclic) bond motifs is 9. The van der Waals surface area contributed by atoms with Gasteiger partial charge in [-0.2, -0.15) is 0 Å². The molecule has 7 nitrogen and oxygen atoms in total. The van der Waals surface area contributed by atoms with Crippen molar-refractivity contribution in [3.8, 4) is 0 Å². The Kier molecular flexibility index (Phi) is 4.27. The summed E-state index contributed by atoms with van der Waals surface area (Å²) in [5.74, 6) is -3.69. The second kappa shape index (κ2) is 6.77. The van der Waals surface area contributed by atoms with Crippen molar-refractivity contribution in [1.82, 2.24) is 9.88 Å². The summed E-state index contributed by atoms with van der Waals surface area (Å²) < 4.78 is 13.6. The van der Waals surface area contributed by atoms with E-state index in [0.717, 1.165) is 38.1 Å². The molecule has 32 heavy (non-hydrogen) atoms. The largest absolute Gasteiger partial charge is 0.480 e. The lowest BCUT2D eigenvalue weighted by molar-refractivity contribution is -0.154. The number of thioether (sulfide) groups is 1. The number of thiazole rings is 1. The monoisotopic (exact) mass is 474 g/mol. The van der Waals surface area contributed by atoms with Crippen LogP contribution in [0.3, 0.4) is 0 Å². The molecule has 1 aromatic heterocycles. The van der Waals surface area contributed by atoms with Gasteiger partial charge in [-0.15, -0.1) is 11.8 Å². The van der Waals surface area contributed by atoms with E-state index in [1.165, 1.54) is 19.1 Å². The number of aromatic nitrogens is 1. The molecule has 2 aromatic rings. The van der Waals surface area contributed by atoms with E-state index in [1.54, 1.807) is 23.9 Å². The van der Waals surface area contributed by atoms with Gasteiger partial charge >= 0.3 is 10.8 Å². The molecule has 1 aromatic carbocycles. The molecule has 2 amide bonds. The predicted molar refractivity (Wildman–Crippen MR) is 114 cm³/mol. The number of carboxylic acids is 1. The summed E-state index contributed by atoms with van der Waals surface area (Å²) in [6, 6.07) is 5.06. The standard InChI is InChI=1S/C22H19FN2O5S2/c1-7(21(28)29)25-19(26)14-10-6-11(15(14)20(25)27)16-13(10)12(8-2-4-9(23)5-3-8)17-18(31-16)24-22(30)32-17/h2-5,7,10-16H,6H2,1H3,(H,24,30)(H,28,29)/t7-,10-,11-,12-,13-,14+,15-,16-/m1/s1. The average Bonchev–Trinajstić information content (AvgIpc) is 3.47. The highest BCUT2D eigenvalue weighted by Crippen LogP contribution is 2.68. The number of amides is 2. The summed E-state index contributed by atoms with van der Waals surface area (Å²) in [5.41, 5.74) is 0.884. The van der Waals surface area contributed by atoms with Crippen LogP contribution in [0.25, 0.3) is 0 Å². The number of hydrogen-bond donors (Lipinski definition) is 2. The molecule has 3 heterocycles. The molecule has 2 aliphatic heterocycles. The number of carbonyl (C=O) groups is 3. The number of likely N-dealkylation sites (tertiary alicyclic amines) is 1. The molecule has 4 aliphatic rings. The van der Waals surface area contributed by atoms with Gasteiger partial charge in [-0.05, 0) is 48.8 Å². The fourth-order valence-corrected chi connectivity index (χ4v) is 9.46. The number of H-pyrrole nitrogens is 1. The molecule has 0 spiro atoms. The van der Waals surface area contributed by atoms with E-state index in [1.807, 2.05) is 0 Å². The summed E-state index contributed by atoms with van der Waals surface area (Å²) in [7, 11) is 0. The molecule has 0 radical (unpaired) electrons. The first-order chi connectivity index (χ1) is 15.3. The Morgan fingerprint density at radius 1 is 1.16 bits per heavy atom. The first-order valence-electron chi connectivity index (χ1n) is 10.5. The Labute approximate surface area is 190 Å². The number of imide groups is 1. The van der Waals surface area contributed by atoms with Gasteiger partial charge in [0.25, 0.3) is 0 Å². The van der Waals surface area contributed by atoms with Crippen molar-refractivity contribution in [3.05, 3.63) is 50.2 Å². The van der Waals surface area contributed by atoms with Crippen LogP contribution < -0.4 is 4.87 Å². The minimum Gasteiger partial charge on any atom is -0.480 e. The van der Waals surface area contributed by atoms with Crippen LogP contribution in [-0.4, -0.2) is 44.1 Å². The van der Waals surface area contributed by atoms with E-state index in [0.29, 0.717) is 0 Å². The normalized spacial score (nSPS) is 35.6. The van der Waals surface area contributed by atoms with Crippen LogP contribution in [0, 0.1) is 35.4 Å². The molecular formula is C22H19FN2O5S2. The summed E-state index contributed by atoms with van der Waals surface area (Å²) in [6.45, 7) is 1.37. The highest BCUT2D eigenvalue weighted by molar-refractivity contribution is 8.00. The number of rotatable bonds is 3. The average molecular weight is 475 g/mol. The maximum atomic E-state index is 13.6. The second-order valence-corrected chi connectivity index (χ2v) is 11.3. The van der Waals surface area contributed by atoms with Crippen LogP contribution in [0.2, 0.25) is 0 Å². The molecule has 1 saturated heterocycles. The van der Waals surface area contributed by atoms with Gasteiger partial charge in [0.2, 0.25) is 11.8 Å². The highest BCUT2D eigenvalue weighted by Gasteiger charge is 2.70. The van der Waals surface area contributed by atoms with Crippen molar-refractivity contribution in [2.45, 2.75) is 35.6 Å². The van der Waals surface area contributed by atoms with E-state index < -0.39 is 29.8 Å². The van der Waals surface area contributed by atoms with Crippen molar-refractivity contribution in [2.24, 2.45) is 29.6 Å². The van der Waals surface area contributed by atoms with Crippen molar-refractivity contribution in [2.75, 3.05) is 0 Å². The maximum absolute atomic E-state index is 13.6. The van der Waals surface area contributed by atoms with E-state index >= 15 is 0 Å². The SMILES string of the molecule is C[C@H](C(=O)O)N1C(=O)[C@@H]2[C@H]3C[C@@H]([C@@H]2C1=O)[C@@H]1[C@@H](c2ccc(F)cc2)c2sc(=O)[nH]c2S[C@H]31. The van der Waals surface area contributed by atoms with Crippen molar-refractivity contribution in [3.63, 3.8) is 0 Å². The maximum Gasteiger partial charge on any atom is 0.326 e. The number of nitrogens with one attached hydrogen (secondary N) is 1. The number of carboxylic acid groups (broad SMARTS) is 1. The molecule has 2 saturated carbocycles. The van der Waals surface area contributed by atoms with Crippen LogP contribution in [-0.2, 0) is 14.4 Å². The fourth-order valence-electron chi connectivity index (χ4n) is 6.58.